The summed E-state index contributed by atoms with van der Waals surface area (Å²) >= 11 is 20.5. The van der Waals surface area contributed by atoms with Crippen molar-refractivity contribution in [2.45, 2.75) is 0 Å². The van der Waals surface area contributed by atoms with Crippen LogP contribution in [0.1, 0.15) is 10.6 Å². The highest BCUT2D eigenvalue weighted by Gasteiger charge is 2.16. The zero-order valence-electron chi connectivity index (χ0n) is 14.2. The molecule has 0 radical (unpaired) electrons. The number of hydrogen-bond acceptors (Lipinski definition) is 5. The molecule has 0 unspecified atom stereocenters. The Morgan fingerprint density at radius 1 is 1.14 bits per heavy atom. The number of halogens is 3. The summed E-state index contributed by atoms with van der Waals surface area (Å²) in [5.41, 5.74) is 0.917. The van der Waals surface area contributed by atoms with E-state index >= 15 is 0 Å². The van der Waals surface area contributed by atoms with Crippen molar-refractivity contribution >= 4 is 73.7 Å². The van der Waals surface area contributed by atoms with Crippen LogP contribution in [-0.4, -0.2) is 15.9 Å². The maximum absolute atomic E-state index is 12.4. The Labute approximate surface area is 188 Å². The molecule has 0 aliphatic heterocycles. The average Bonchev–Trinajstić information content (AvgIpc) is 3.15. The summed E-state index contributed by atoms with van der Waals surface area (Å²) in [7, 11) is 0. The largest absolute Gasteiger partial charge is 0.451 e. The number of nitro groups is 1. The van der Waals surface area contributed by atoms with Crippen LogP contribution in [0.5, 0.6) is 0 Å². The van der Waals surface area contributed by atoms with Crippen molar-refractivity contribution in [3.05, 3.63) is 78.9 Å². The third-order valence-corrected chi connectivity index (χ3v) is 5.09. The van der Waals surface area contributed by atoms with Crippen LogP contribution in [0.15, 0.2) is 57.4 Å². The lowest BCUT2D eigenvalue weighted by molar-refractivity contribution is -0.384. The highest BCUT2D eigenvalue weighted by atomic mass is 79.9. The number of carbonyl (C=O) groups is 1. The monoisotopic (exact) mass is 513 g/mol. The zero-order valence-corrected chi connectivity index (χ0v) is 18.2. The molecule has 1 amide bonds. The summed E-state index contributed by atoms with van der Waals surface area (Å²) in [6.07, 6.45) is 0. The minimum absolute atomic E-state index is 0.0108. The topological polar surface area (TPSA) is 97.4 Å². The molecule has 0 spiro atoms. The third kappa shape index (κ3) is 5.13. The molecule has 2 N–H and O–H groups in total. The van der Waals surface area contributed by atoms with Crippen LogP contribution < -0.4 is 10.6 Å². The van der Waals surface area contributed by atoms with Crippen LogP contribution >= 0.6 is 51.3 Å². The minimum Gasteiger partial charge on any atom is -0.451 e. The van der Waals surface area contributed by atoms with Crippen LogP contribution in [0, 0.1) is 10.1 Å². The fourth-order valence-electron chi connectivity index (χ4n) is 2.33. The molecular formula is C18H10BrCl2N3O4S. The molecule has 2 aromatic carbocycles. The highest BCUT2D eigenvalue weighted by Crippen LogP contribution is 2.32. The van der Waals surface area contributed by atoms with E-state index < -0.39 is 10.8 Å². The summed E-state index contributed by atoms with van der Waals surface area (Å²) in [5.74, 6) is -0.187. The number of nitrogens with zero attached hydrogens (tertiary/aromatic N) is 1. The van der Waals surface area contributed by atoms with Crippen molar-refractivity contribution in [2.24, 2.45) is 0 Å². The molecule has 0 atom stereocenters. The van der Waals surface area contributed by atoms with Crippen molar-refractivity contribution < 1.29 is 14.1 Å². The van der Waals surface area contributed by atoms with Gasteiger partial charge in [0.05, 0.1) is 15.6 Å². The Balaban J connectivity index is 1.69. The third-order valence-electron chi connectivity index (χ3n) is 3.66. The van der Waals surface area contributed by atoms with Crippen molar-refractivity contribution in [3.63, 3.8) is 0 Å². The molecule has 1 heterocycles. The molecule has 11 heteroatoms. The van der Waals surface area contributed by atoms with Crippen LogP contribution in [0.25, 0.3) is 11.3 Å². The van der Waals surface area contributed by atoms with E-state index in [-0.39, 0.29) is 16.6 Å². The number of benzene rings is 2. The standard InChI is InChI=1S/C18H10BrCl2N3O4S/c19-12-8-10(24(26)27)2-4-14(12)22-18(29)23-17(25)16-6-5-15(28-16)11-7-9(20)1-3-13(11)21/h1-8H,(H2,22,23,25,29). The Bertz CT molecular complexity index is 1140. The maximum atomic E-state index is 12.4. The molecule has 0 fully saturated rings. The van der Waals surface area contributed by atoms with Crippen LogP contribution in [0.4, 0.5) is 11.4 Å². The predicted molar refractivity (Wildman–Crippen MR) is 119 cm³/mol. The molecule has 0 aliphatic carbocycles. The van der Waals surface area contributed by atoms with Gasteiger partial charge in [0.1, 0.15) is 5.76 Å². The number of hydrogen-bond donors (Lipinski definition) is 2. The lowest BCUT2D eigenvalue weighted by atomic mass is 10.2. The molecular weight excluding hydrogens is 505 g/mol. The van der Waals surface area contributed by atoms with Crippen molar-refractivity contribution in [1.29, 1.82) is 0 Å². The summed E-state index contributed by atoms with van der Waals surface area (Å²) in [5, 5.41) is 16.9. The van der Waals surface area contributed by atoms with Gasteiger partial charge in [0.25, 0.3) is 11.6 Å². The molecule has 3 rings (SSSR count). The van der Waals surface area contributed by atoms with Crippen molar-refractivity contribution in [3.8, 4) is 11.3 Å². The van der Waals surface area contributed by atoms with E-state index in [2.05, 4.69) is 26.6 Å². The number of thiocarbonyl (C=S) groups is 1. The van der Waals surface area contributed by atoms with Gasteiger partial charge in [-0.25, -0.2) is 0 Å². The SMILES string of the molecule is O=C(NC(=S)Nc1ccc([N+](=O)[O-])cc1Br)c1ccc(-c2cc(Cl)ccc2Cl)o1. The molecule has 0 aliphatic rings. The van der Waals surface area contributed by atoms with Crippen molar-refractivity contribution in [1.82, 2.24) is 5.32 Å². The van der Waals surface area contributed by atoms with Crippen LogP contribution in [0.2, 0.25) is 10.0 Å². The lowest BCUT2D eigenvalue weighted by Gasteiger charge is -2.10. The highest BCUT2D eigenvalue weighted by molar-refractivity contribution is 9.10. The van der Waals surface area contributed by atoms with Gasteiger partial charge in [0.2, 0.25) is 0 Å². The number of carbonyl (C=O) groups excluding carboxylic acids is 1. The van der Waals surface area contributed by atoms with E-state index in [0.29, 0.717) is 31.5 Å². The first kappa shape index (κ1) is 21.3. The van der Waals surface area contributed by atoms with Crippen molar-refractivity contribution in [2.75, 3.05) is 5.32 Å². The first-order chi connectivity index (χ1) is 13.7. The first-order valence-corrected chi connectivity index (χ1v) is 9.82. The summed E-state index contributed by atoms with van der Waals surface area (Å²) < 4.78 is 5.97. The first-order valence-electron chi connectivity index (χ1n) is 7.86. The van der Waals surface area contributed by atoms with Gasteiger partial charge in [0.15, 0.2) is 10.9 Å². The Morgan fingerprint density at radius 3 is 2.59 bits per heavy atom. The van der Waals surface area contributed by atoms with E-state index in [1.807, 2.05) is 0 Å². The number of anilines is 1. The number of nitro benzene ring substituents is 1. The van der Waals surface area contributed by atoms with Crippen LogP contribution in [0.3, 0.4) is 0 Å². The number of nitrogens with one attached hydrogen (secondary N) is 2. The number of furan rings is 1. The molecule has 0 saturated carbocycles. The second kappa shape index (κ2) is 8.91. The van der Waals surface area contributed by atoms with Gasteiger partial charge in [-0.15, -0.1) is 0 Å². The van der Waals surface area contributed by atoms with E-state index in [9.17, 15) is 14.9 Å². The Hall–Kier alpha value is -2.46. The number of non-ortho nitro benzene ring substituents is 1. The van der Waals surface area contributed by atoms with Gasteiger partial charge in [-0.1, -0.05) is 23.2 Å². The van der Waals surface area contributed by atoms with E-state index in [0.717, 1.165) is 0 Å². The fraction of sp³-hybridized carbons (Fsp3) is 0. The van der Waals surface area contributed by atoms with Gasteiger partial charge < -0.3 is 9.73 Å². The van der Waals surface area contributed by atoms with E-state index in [1.54, 1.807) is 24.3 Å². The van der Waals surface area contributed by atoms with E-state index in [1.165, 1.54) is 24.3 Å². The molecule has 0 saturated heterocycles. The number of rotatable bonds is 4. The Kier molecular flexibility index (Phi) is 6.53. The summed E-state index contributed by atoms with van der Waals surface area (Å²) in [4.78, 5) is 22.6. The second-order valence-electron chi connectivity index (χ2n) is 5.62. The average molecular weight is 515 g/mol. The van der Waals surface area contributed by atoms with Gasteiger partial charge in [-0.3, -0.25) is 20.2 Å². The molecule has 148 valence electrons. The quantitative estimate of drug-likeness (QED) is 0.250. The maximum Gasteiger partial charge on any atom is 0.293 e. The minimum atomic E-state index is -0.579. The number of amides is 1. The lowest BCUT2D eigenvalue weighted by Crippen LogP contribution is -2.34. The van der Waals surface area contributed by atoms with Crippen LogP contribution in [-0.2, 0) is 0 Å². The molecule has 0 bridgehead atoms. The van der Waals surface area contributed by atoms with Gasteiger partial charge in [-0.05, 0) is 64.5 Å². The molecule has 1 aromatic heterocycles. The Morgan fingerprint density at radius 2 is 1.90 bits per heavy atom. The second-order valence-corrected chi connectivity index (χ2v) is 7.72. The zero-order chi connectivity index (χ0) is 21.1. The molecule has 3 aromatic rings. The van der Waals surface area contributed by atoms with Gasteiger partial charge in [-0.2, -0.15) is 0 Å². The van der Waals surface area contributed by atoms with Gasteiger partial charge >= 0.3 is 0 Å². The summed E-state index contributed by atoms with van der Waals surface area (Å²) in [6.45, 7) is 0. The predicted octanol–water partition coefficient (Wildman–Crippen LogP) is 6.05. The fourth-order valence-corrected chi connectivity index (χ4v) is 3.38. The summed E-state index contributed by atoms with van der Waals surface area (Å²) in [6, 6.07) is 12.1. The smallest absolute Gasteiger partial charge is 0.293 e. The van der Waals surface area contributed by atoms with E-state index in [4.69, 9.17) is 39.8 Å². The van der Waals surface area contributed by atoms with Gasteiger partial charge in [0, 0.05) is 27.2 Å². The molecule has 29 heavy (non-hydrogen) atoms. The normalized spacial score (nSPS) is 10.4. The molecule has 7 nitrogen and oxygen atoms in total.